The van der Waals surface area contributed by atoms with Crippen molar-refractivity contribution in [2.75, 3.05) is 45.7 Å². The summed E-state index contributed by atoms with van der Waals surface area (Å²) >= 11 is 0. The Balaban J connectivity index is 1.50. The molecular formula is C21H26N4O4. The SMILES string of the molecule is COc1cc(C(=O)N2CC(C#N)C2)cc(NC(=O)CN2C[C@@H]3CC[C@H]2C3)c1OC. The molecule has 1 aliphatic carbocycles. The number of amides is 2. The number of piperidine rings is 1. The first-order chi connectivity index (χ1) is 14.0. The third-order valence-corrected chi connectivity index (χ3v) is 6.22. The van der Waals surface area contributed by atoms with Gasteiger partial charge in [0.25, 0.3) is 5.91 Å². The van der Waals surface area contributed by atoms with Crippen LogP contribution in [0.5, 0.6) is 11.5 Å². The summed E-state index contributed by atoms with van der Waals surface area (Å²) in [6.45, 7) is 2.15. The lowest BCUT2D eigenvalue weighted by atomic mass is 10.0. The Kier molecular flexibility index (Phi) is 5.33. The quantitative estimate of drug-likeness (QED) is 0.784. The van der Waals surface area contributed by atoms with Gasteiger partial charge in [0.15, 0.2) is 11.5 Å². The monoisotopic (exact) mass is 398 g/mol. The predicted octanol–water partition coefficient (Wildman–Crippen LogP) is 1.72. The van der Waals surface area contributed by atoms with Crippen LogP contribution in [0.1, 0.15) is 29.6 Å². The minimum Gasteiger partial charge on any atom is -0.493 e. The van der Waals surface area contributed by atoms with Gasteiger partial charge in [-0.2, -0.15) is 5.26 Å². The van der Waals surface area contributed by atoms with E-state index < -0.39 is 0 Å². The molecule has 3 aliphatic rings. The number of ether oxygens (including phenoxy) is 2. The van der Waals surface area contributed by atoms with E-state index in [9.17, 15) is 9.59 Å². The van der Waals surface area contributed by atoms with Crippen molar-refractivity contribution in [3.8, 4) is 17.6 Å². The van der Waals surface area contributed by atoms with E-state index in [-0.39, 0.29) is 17.7 Å². The second-order valence-corrected chi connectivity index (χ2v) is 8.11. The van der Waals surface area contributed by atoms with E-state index in [1.54, 1.807) is 17.0 Å². The van der Waals surface area contributed by atoms with Crippen LogP contribution in [0.25, 0.3) is 0 Å². The molecule has 3 fully saturated rings. The zero-order valence-corrected chi connectivity index (χ0v) is 16.8. The molecule has 2 bridgehead atoms. The van der Waals surface area contributed by atoms with Crippen molar-refractivity contribution in [1.29, 1.82) is 5.26 Å². The van der Waals surface area contributed by atoms with E-state index >= 15 is 0 Å². The van der Waals surface area contributed by atoms with Gasteiger partial charge >= 0.3 is 0 Å². The summed E-state index contributed by atoms with van der Waals surface area (Å²) in [6.07, 6.45) is 3.62. The molecular weight excluding hydrogens is 372 g/mol. The van der Waals surface area contributed by atoms with Crippen LogP contribution in [0.3, 0.4) is 0 Å². The molecule has 0 spiro atoms. The second kappa shape index (κ2) is 7.91. The first-order valence-electron chi connectivity index (χ1n) is 10.0. The van der Waals surface area contributed by atoms with Gasteiger partial charge < -0.3 is 19.7 Å². The fourth-order valence-electron chi connectivity index (χ4n) is 4.68. The Bertz CT molecular complexity index is 859. The molecule has 2 heterocycles. The van der Waals surface area contributed by atoms with Crippen molar-refractivity contribution in [2.45, 2.75) is 25.3 Å². The van der Waals surface area contributed by atoms with Crippen molar-refractivity contribution < 1.29 is 19.1 Å². The molecule has 2 aliphatic heterocycles. The Morgan fingerprint density at radius 1 is 1.21 bits per heavy atom. The van der Waals surface area contributed by atoms with Gasteiger partial charge in [0, 0.05) is 31.2 Å². The van der Waals surface area contributed by atoms with Gasteiger partial charge in [0.2, 0.25) is 5.91 Å². The molecule has 1 N–H and O–H groups in total. The van der Waals surface area contributed by atoms with Crippen molar-refractivity contribution in [2.24, 2.45) is 11.8 Å². The molecule has 2 atom stereocenters. The summed E-state index contributed by atoms with van der Waals surface area (Å²) in [7, 11) is 3.00. The van der Waals surface area contributed by atoms with Gasteiger partial charge in [-0.15, -0.1) is 0 Å². The summed E-state index contributed by atoms with van der Waals surface area (Å²) in [5, 5.41) is 11.8. The molecule has 8 nitrogen and oxygen atoms in total. The Morgan fingerprint density at radius 2 is 2.00 bits per heavy atom. The van der Waals surface area contributed by atoms with Gasteiger partial charge in [0.05, 0.1) is 38.4 Å². The van der Waals surface area contributed by atoms with Crippen LogP contribution in [-0.4, -0.2) is 68.1 Å². The maximum Gasteiger partial charge on any atom is 0.254 e. The fraction of sp³-hybridized carbons (Fsp3) is 0.571. The third kappa shape index (κ3) is 3.75. The third-order valence-electron chi connectivity index (χ3n) is 6.22. The van der Waals surface area contributed by atoms with Crippen molar-refractivity contribution in [3.05, 3.63) is 17.7 Å². The minimum atomic E-state index is -0.190. The number of methoxy groups -OCH3 is 2. The topological polar surface area (TPSA) is 94.9 Å². The smallest absolute Gasteiger partial charge is 0.254 e. The number of nitriles is 1. The highest BCUT2D eigenvalue weighted by Crippen LogP contribution is 2.39. The summed E-state index contributed by atoms with van der Waals surface area (Å²) in [5.41, 5.74) is 0.816. The maximum absolute atomic E-state index is 12.8. The average Bonchev–Trinajstić information content (AvgIpc) is 3.29. The largest absolute Gasteiger partial charge is 0.493 e. The van der Waals surface area contributed by atoms with Gasteiger partial charge in [-0.25, -0.2) is 0 Å². The first-order valence-corrected chi connectivity index (χ1v) is 10.0. The molecule has 4 rings (SSSR count). The molecule has 2 amide bonds. The van der Waals surface area contributed by atoms with E-state index in [0.29, 0.717) is 48.4 Å². The van der Waals surface area contributed by atoms with Crippen LogP contribution in [0.2, 0.25) is 0 Å². The number of hydrogen-bond acceptors (Lipinski definition) is 6. The van der Waals surface area contributed by atoms with Crippen LogP contribution in [0.4, 0.5) is 5.69 Å². The number of fused-ring (bicyclic) bond motifs is 2. The number of carbonyl (C=O) groups excluding carboxylic acids is 2. The van der Waals surface area contributed by atoms with Gasteiger partial charge in [-0.3, -0.25) is 14.5 Å². The number of hydrogen-bond donors (Lipinski definition) is 1. The highest BCUT2D eigenvalue weighted by Gasteiger charge is 2.38. The zero-order chi connectivity index (χ0) is 20.5. The molecule has 1 aromatic carbocycles. The first kappa shape index (κ1) is 19.5. The highest BCUT2D eigenvalue weighted by atomic mass is 16.5. The Labute approximate surface area is 170 Å². The van der Waals surface area contributed by atoms with Crippen LogP contribution < -0.4 is 14.8 Å². The van der Waals surface area contributed by atoms with Crippen LogP contribution in [0, 0.1) is 23.2 Å². The van der Waals surface area contributed by atoms with E-state index in [4.69, 9.17) is 14.7 Å². The summed E-state index contributed by atoms with van der Waals surface area (Å²) in [6, 6.07) is 5.90. The lowest BCUT2D eigenvalue weighted by Crippen LogP contribution is -2.49. The molecule has 1 aromatic rings. The molecule has 154 valence electrons. The van der Waals surface area contributed by atoms with E-state index in [0.717, 1.165) is 12.5 Å². The average molecular weight is 398 g/mol. The van der Waals surface area contributed by atoms with Crippen molar-refractivity contribution in [3.63, 3.8) is 0 Å². The van der Waals surface area contributed by atoms with E-state index in [1.165, 1.54) is 33.5 Å². The molecule has 0 unspecified atom stereocenters. The number of nitrogens with zero attached hydrogens (tertiary/aromatic N) is 3. The van der Waals surface area contributed by atoms with E-state index in [1.807, 2.05) is 0 Å². The van der Waals surface area contributed by atoms with Crippen molar-refractivity contribution in [1.82, 2.24) is 9.80 Å². The molecule has 0 radical (unpaired) electrons. The molecule has 1 saturated carbocycles. The molecule has 2 saturated heterocycles. The van der Waals surface area contributed by atoms with Crippen LogP contribution >= 0.6 is 0 Å². The van der Waals surface area contributed by atoms with Crippen molar-refractivity contribution >= 4 is 17.5 Å². The Hall–Kier alpha value is -2.79. The number of anilines is 1. The number of nitrogens with one attached hydrogen (secondary N) is 1. The van der Waals surface area contributed by atoms with Crippen LogP contribution in [-0.2, 0) is 4.79 Å². The van der Waals surface area contributed by atoms with E-state index in [2.05, 4.69) is 16.3 Å². The number of benzene rings is 1. The summed E-state index contributed by atoms with van der Waals surface area (Å²) < 4.78 is 10.8. The second-order valence-electron chi connectivity index (χ2n) is 8.11. The highest BCUT2D eigenvalue weighted by molar-refractivity contribution is 6.00. The minimum absolute atomic E-state index is 0.117. The lowest BCUT2D eigenvalue weighted by Gasteiger charge is -2.35. The molecule has 8 heteroatoms. The molecule has 0 aromatic heterocycles. The van der Waals surface area contributed by atoms with Gasteiger partial charge in [-0.05, 0) is 37.3 Å². The van der Waals surface area contributed by atoms with Gasteiger partial charge in [0.1, 0.15) is 0 Å². The number of carbonyl (C=O) groups is 2. The normalized spacial score (nSPS) is 23.4. The number of likely N-dealkylation sites (tertiary alicyclic amines) is 2. The summed E-state index contributed by atoms with van der Waals surface area (Å²) in [5.74, 6) is 1.05. The fourth-order valence-corrected chi connectivity index (χ4v) is 4.68. The predicted molar refractivity (Wildman–Crippen MR) is 106 cm³/mol. The maximum atomic E-state index is 12.8. The summed E-state index contributed by atoms with van der Waals surface area (Å²) in [4.78, 5) is 29.3. The molecule has 29 heavy (non-hydrogen) atoms. The number of rotatable bonds is 6. The van der Waals surface area contributed by atoms with Crippen LogP contribution in [0.15, 0.2) is 12.1 Å². The zero-order valence-electron chi connectivity index (χ0n) is 16.8. The van der Waals surface area contributed by atoms with Gasteiger partial charge in [-0.1, -0.05) is 0 Å². The lowest BCUT2D eigenvalue weighted by molar-refractivity contribution is -0.117. The standard InChI is InChI=1S/C21H26N4O4/c1-28-18-7-15(21(27)25-10-14(8-22)11-25)6-17(20(18)29-2)23-19(26)12-24-9-13-3-4-16(24)5-13/h6-7,13-14,16H,3-5,9-12H2,1-2H3,(H,23,26)/t13-,16+/m1/s1. The Morgan fingerprint density at radius 3 is 2.59 bits per heavy atom.